The van der Waals surface area contributed by atoms with E-state index in [0.29, 0.717) is 37.4 Å². The zero-order valence-electron chi connectivity index (χ0n) is 12.7. The highest BCUT2D eigenvalue weighted by Gasteiger charge is 2.36. The zero-order valence-corrected chi connectivity index (χ0v) is 12.7. The van der Waals surface area contributed by atoms with E-state index >= 15 is 0 Å². The molecule has 5 nitrogen and oxygen atoms in total. The molecule has 0 atom stereocenters. The van der Waals surface area contributed by atoms with Gasteiger partial charge in [-0.15, -0.1) is 0 Å². The number of carbonyl (C=O) groups is 1. The predicted molar refractivity (Wildman–Crippen MR) is 82.2 cm³/mol. The summed E-state index contributed by atoms with van der Waals surface area (Å²) >= 11 is 0. The van der Waals surface area contributed by atoms with Gasteiger partial charge in [0.1, 0.15) is 17.8 Å². The molecule has 122 valence electrons. The van der Waals surface area contributed by atoms with Crippen LogP contribution in [0.1, 0.15) is 34.5 Å². The number of nitrogens with one attached hydrogen (secondary N) is 1. The van der Waals surface area contributed by atoms with Gasteiger partial charge in [0.15, 0.2) is 0 Å². The Labute approximate surface area is 133 Å². The molecule has 1 aliphatic rings. The second-order valence-electron chi connectivity index (χ2n) is 5.66. The number of amides is 1. The van der Waals surface area contributed by atoms with Gasteiger partial charge in [0.2, 0.25) is 0 Å². The summed E-state index contributed by atoms with van der Waals surface area (Å²) in [5.41, 5.74) is 6.01. The summed E-state index contributed by atoms with van der Waals surface area (Å²) in [6, 6.07) is 7.95. The second-order valence-corrected chi connectivity index (χ2v) is 5.66. The van der Waals surface area contributed by atoms with E-state index in [9.17, 15) is 9.18 Å². The third kappa shape index (κ3) is 3.28. The summed E-state index contributed by atoms with van der Waals surface area (Å²) in [6.45, 7) is 1.25. The van der Waals surface area contributed by atoms with Crippen LogP contribution in [0.25, 0.3) is 0 Å². The van der Waals surface area contributed by atoms with Gasteiger partial charge in [-0.1, -0.05) is 12.1 Å². The van der Waals surface area contributed by atoms with Crippen LogP contribution in [0.2, 0.25) is 0 Å². The summed E-state index contributed by atoms with van der Waals surface area (Å²) in [5, 5.41) is 3.04. The van der Waals surface area contributed by atoms with Crippen LogP contribution in [0.3, 0.4) is 0 Å². The Hall–Kier alpha value is -2.18. The van der Waals surface area contributed by atoms with E-state index in [-0.39, 0.29) is 18.3 Å². The molecule has 2 aromatic rings. The van der Waals surface area contributed by atoms with Gasteiger partial charge in [0.25, 0.3) is 5.91 Å². The Bertz CT molecular complexity index is 693. The quantitative estimate of drug-likeness (QED) is 0.907. The Balaban J connectivity index is 1.88. The lowest BCUT2D eigenvalue weighted by molar-refractivity contribution is 0.0344. The minimum Gasteiger partial charge on any atom is -0.467 e. The lowest BCUT2D eigenvalue weighted by Gasteiger charge is -2.38. The van der Waals surface area contributed by atoms with E-state index in [1.54, 1.807) is 12.1 Å². The van der Waals surface area contributed by atoms with Crippen LogP contribution in [0.4, 0.5) is 4.39 Å². The summed E-state index contributed by atoms with van der Waals surface area (Å²) in [4.78, 5) is 12.6. The van der Waals surface area contributed by atoms with Gasteiger partial charge in [-0.05, 0) is 36.6 Å². The topological polar surface area (TPSA) is 77.5 Å². The fraction of sp³-hybridized carbons (Fsp3) is 0.353. The molecule has 3 N–H and O–H groups in total. The van der Waals surface area contributed by atoms with Crippen molar-refractivity contribution in [3.8, 4) is 0 Å². The molecule has 0 bridgehead atoms. The first-order valence-electron chi connectivity index (χ1n) is 7.57. The summed E-state index contributed by atoms with van der Waals surface area (Å²) in [6.07, 6.45) is 2.56. The van der Waals surface area contributed by atoms with Crippen LogP contribution in [-0.4, -0.2) is 19.1 Å². The van der Waals surface area contributed by atoms with Crippen LogP contribution < -0.4 is 11.1 Å². The van der Waals surface area contributed by atoms with E-state index in [1.165, 1.54) is 18.4 Å². The lowest BCUT2D eigenvalue weighted by atomic mass is 9.82. The normalized spacial score (nSPS) is 17.0. The highest BCUT2D eigenvalue weighted by atomic mass is 19.1. The SMILES string of the molecule is NCc1cc(C(=O)NC2(c3cccc(F)c3)CCOCC2)co1. The van der Waals surface area contributed by atoms with Crippen LogP contribution in [0.15, 0.2) is 41.0 Å². The summed E-state index contributed by atoms with van der Waals surface area (Å²) < 4.78 is 24.2. The zero-order chi connectivity index (χ0) is 16.3. The van der Waals surface area contributed by atoms with Gasteiger partial charge >= 0.3 is 0 Å². The van der Waals surface area contributed by atoms with Gasteiger partial charge in [0, 0.05) is 13.2 Å². The molecular formula is C17H19FN2O3. The van der Waals surface area contributed by atoms with Crippen molar-refractivity contribution in [3.63, 3.8) is 0 Å². The van der Waals surface area contributed by atoms with Crippen LogP contribution in [0.5, 0.6) is 0 Å². The monoisotopic (exact) mass is 318 g/mol. The fourth-order valence-corrected chi connectivity index (χ4v) is 2.89. The number of carbonyl (C=O) groups excluding carboxylic acids is 1. The van der Waals surface area contributed by atoms with Crippen LogP contribution in [0, 0.1) is 5.82 Å². The maximum absolute atomic E-state index is 13.6. The van der Waals surface area contributed by atoms with Crippen molar-refractivity contribution in [3.05, 3.63) is 59.3 Å². The first-order chi connectivity index (χ1) is 11.1. The molecule has 1 amide bonds. The van der Waals surface area contributed by atoms with E-state index in [4.69, 9.17) is 14.9 Å². The molecule has 0 unspecified atom stereocenters. The third-order valence-electron chi connectivity index (χ3n) is 4.19. The number of nitrogens with two attached hydrogens (primary N) is 1. The molecule has 23 heavy (non-hydrogen) atoms. The molecule has 0 radical (unpaired) electrons. The lowest BCUT2D eigenvalue weighted by Crippen LogP contribution is -2.49. The van der Waals surface area contributed by atoms with Gasteiger partial charge in [0.05, 0.1) is 17.6 Å². The first-order valence-corrected chi connectivity index (χ1v) is 7.57. The van der Waals surface area contributed by atoms with E-state index in [0.717, 1.165) is 5.56 Å². The van der Waals surface area contributed by atoms with Crippen molar-refractivity contribution < 1.29 is 18.3 Å². The number of furan rings is 1. The van der Waals surface area contributed by atoms with Crippen LogP contribution in [-0.2, 0) is 16.8 Å². The predicted octanol–water partition coefficient (Wildman–Crippen LogP) is 2.31. The maximum Gasteiger partial charge on any atom is 0.255 e. The maximum atomic E-state index is 13.6. The molecule has 0 spiro atoms. The number of benzene rings is 1. The van der Waals surface area contributed by atoms with E-state index in [1.807, 2.05) is 6.07 Å². The first kappa shape index (κ1) is 15.7. The largest absolute Gasteiger partial charge is 0.467 e. The Kier molecular flexibility index (Phi) is 4.45. The molecule has 3 rings (SSSR count). The van der Waals surface area contributed by atoms with Gasteiger partial charge < -0.3 is 20.2 Å². The third-order valence-corrected chi connectivity index (χ3v) is 4.19. The molecule has 2 heterocycles. The minimum atomic E-state index is -0.641. The molecule has 1 aliphatic heterocycles. The number of hydrogen-bond donors (Lipinski definition) is 2. The average Bonchev–Trinajstić information content (AvgIpc) is 3.05. The van der Waals surface area contributed by atoms with Crippen molar-refractivity contribution in [2.75, 3.05) is 13.2 Å². The molecule has 1 fully saturated rings. The van der Waals surface area contributed by atoms with Crippen molar-refractivity contribution in [1.29, 1.82) is 0 Å². The Morgan fingerprint density at radius 2 is 2.09 bits per heavy atom. The Morgan fingerprint density at radius 1 is 1.30 bits per heavy atom. The van der Waals surface area contributed by atoms with Crippen molar-refractivity contribution in [2.45, 2.75) is 24.9 Å². The fourth-order valence-electron chi connectivity index (χ4n) is 2.89. The van der Waals surface area contributed by atoms with E-state index in [2.05, 4.69) is 5.32 Å². The molecular weight excluding hydrogens is 299 g/mol. The smallest absolute Gasteiger partial charge is 0.255 e. The van der Waals surface area contributed by atoms with Crippen molar-refractivity contribution in [1.82, 2.24) is 5.32 Å². The standard InChI is InChI=1S/C17H19FN2O3/c18-14-3-1-2-13(9-14)17(4-6-22-7-5-17)20-16(21)12-8-15(10-19)23-11-12/h1-3,8-9,11H,4-7,10,19H2,(H,20,21). The number of halogens is 1. The highest BCUT2D eigenvalue weighted by Crippen LogP contribution is 2.33. The van der Waals surface area contributed by atoms with Gasteiger partial charge in [-0.3, -0.25) is 4.79 Å². The molecule has 1 saturated heterocycles. The molecule has 1 aromatic carbocycles. The second kappa shape index (κ2) is 6.52. The molecule has 0 saturated carbocycles. The average molecular weight is 318 g/mol. The molecule has 1 aromatic heterocycles. The minimum absolute atomic E-state index is 0.232. The summed E-state index contributed by atoms with van der Waals surface area (Å²) in [7, 11) is 0. The molecule has 6 heteroatoms. The van der Waals surface area contributed by atoms with Gasteiger partial charge in [-0.25, -0.2) is 4.39 Å². The van der Waals surface area contributed by atoms with E-state index < -0.39 is 5.54 Å². The van der Waals surface area contributed by atoms with Crippen LogP contribution >= 0.6 is 0 Å². The highest BCUT2D eigenvalue weighted by molar-refractivity contribution is 5.94. The number of rotatable bonds is 4. The molecule has 0 aliphatic carbocycles. The number of ether oxygens (including phenoxy) is 1. The Morgan fingerprint density at radius 3 is 2.74 bits per heavy atom. The summed E-state index contributed by atoms with van der Waals surface area (Å²) in [5.74, 6) is -0.0436. The number of hydrogen-bond acceptors (Lipinski definition) is 4. The van der Waals surface area contributed by atoms with Crippen molar-refractivity contribution >= 4 is 5.91 Å². The van der Waals surface area contributed by atoms with Crippen molar-refractivity contribution in [2.24, 2.45) is 5.73 Å². The van der Waals surface area contributed by atoms with Gasteiger partial charge in [-0.2, -0.15) is 0 Å².